The normalized spacial score (nSPS) is 13.4. The zero-order valence-corrected chi connectivity index (χ0v) is 15.6. The number of thiazole rings is 1. The molecule has 0 saturated heterocycles. The highest BCUT2D eigenvalue weighted by atomic mass is 32.1. The minimum Gasteiger partial charge on any atom is -0.457 e. The van der Waals surface area contributed by atoms with Gasteiger partial charge in [0.05, 0.1) is 26.9 Å². The van der Waals surface area contributed by atoms with E-state index >= 15 is 0 Å². The van der Waals surface area contributed by atoms with Gasteiger partial charge >= 0.3 is 0 Å². The fourth-order valence-corrected chi connectivity index (χ4v) is 4.11. The fraction of sp³-hybridized carbons (Fsp3) is 0. The Kier molecular flexibility index (Phi) is 3.86. The third kappa shape index (κ3) is 2.92. The van der Waals surface area contributed by atoms with Gasteiger partial charge in [-0.15, -0.1) is 11.3 Å². The molecule has 2 amide bonds. The number of amides is 2. The molecular weight excluding hydrogens is 386 g/mol. The lowest BCUT2D eigenvalue weighted by atomic mass is 10.0. The number of carbonyl (C=O) groups is 2. The van der Waals surface area contributed by atoms with Crippen LogP contribution in [0, 0.1) is 11.3 Å². The Morgan fingerprint density at radius 1 is 1.07 bits per heavy atom. The van der Waals surface area contributed by atoms with Crippen LogP contribution >= 0.6 is 11.3 Å². The van der Waals surface area contributed by atoms with Gasteiger partial charge in [-0.1, -0.05) is 18.2 Å². The summed E-state index contributed by atoms with van der Waals surface area (Å²) in [6.45, 7) is 0. The number of carbonyl (C=O) groups excluding carboxylic acids is 2. The number of allylic oxidation sites excluding steroid dienone is 1. The number of hydrogen-bond donors (Lipinski definition) is 1. The van der Waals surface area contributed by atoms with E-state index in [-0.39, 0.29) is 0 Å². The summed E-state index contributed by atoms with van der Waals surface area (Å²) in [7, 11) is 0. The highest BCUT2D eigenvalue weighted by molar-refractivity contribution is 7.19. The smallest absolute Gasteiger partial charge is 0.258 e. The Labute approximate surface area is 168 Å². The summed E-state index contributed by atoms with van der Waals surface area (Å²) >= 11 is 1.45. The summed E-state index contributed by atoms with van der Waals surface area (Å²) in [5.41, 5.74) is 2.61. The van der Waals surface area contributed by atoms with E-state index in [0.717, 1.165) is 10.2 Å². The predicted molar refractivity (Wildman–Crippen MR) is 109 cm³/mol. The zero-order valence-electron chi connectivity index (χ0n) is 14.8. The first-order valence-electron chi connectivity index (χ1n) is 8.70. The van der Waals surface area contributed by atoms with E-state index < -0.39 is 11.8 Å². The van der Waals surface area contributed by atoms with Gasteiger partial charge in [-0.25, -0.2) is 4.98 Å². The molecule has 1 N–H and O–H groups in total. The van der Waals surface area contributed by atoms with Crippen LogP contribution in [-0.2, 0) is 0 Å². The van der Waals surface area contributed by atoms with E-state index in [0.29, 0.717) is 38.8 Å². The van der Waals surface area contributed by atoms with Gasteiger partial charge in [0, 0.05) is 11.6 Å². The van der Waals surface area contributed by atoms with E-state index in [1.165, 1.54) is 11.3 Å². The summed E-state index contributed by atoms with van der Waals surface area (Å²) in [6.07, 6.45) is 1.64. The number of nitriles is 1. The maximum atomic E-state index is 11.9. The second kappa shape index (κ2) is 6.55. The fourth-order valence-electron chi connectivity index (χ4n) is 3.18. The molecule has 2 aromatic carbocycles. The third-order valence-electron chi connectivity index (χ3n) is 4.58. The average Bonchev–Trinajstić information content (AvgIpc) is 3.44. The molecule has 29 heavy (non-hydrogen) atoms. The van der Waals surface area contributed by atoms with Gasteiger partial charge in [-0.2, -0.15) is 5.26 Å². The summed E-state index contributed by atoms with van der Waals surface area (Å²) in [5, 5.41) is 12.5. The number of nitrogens with one attached hydrogen (secondary N) is 1. The van der Waals surface area contributed by atoms with Gasteiger partial charge in [0.25, 0.3) is 11.8 Å². The molecule has 0 radical (unpaired) electrons. The van der Waals surface area contributed by atoms with Crippen molar-refractivity contribution in [2.75, 3.05) is 0 Å². The molecule has 0 bridgehead atoms. The lowest BCUT2D eigenvalue weighted by Gasteiger charge is -1.99. The minimum atomic E-state index is -0.416. The number of nitrogens with zero attached hydrogens (tertiary/aromatic N) is 2. The van der Waals surface area contributed by atoms with Crippen molar-refractivity contribution in [1.29, 1.82) is 5.26 Å². The molecule has 138 valence electrons. The van der Waals surface area contributed by atoms with Gasteiger partial charge < -0.3 is 4.42 Å². The molecule has 1 aliphatic heterocycles. The topological polar surface area (TPSA) is 96.0 Å². The van der Waals surface area contributed by atoms with Crippen molar-refractivity contribution in [3.8, 4) is 17.4 Å². The van der Waals surface area contributed by atoms with Crippen molar-refractivity contribution in [2.45, 2.75) is 0 Å². The Morgan fingerprint density at radius 2 is 1.90 bits per heavy atom. The van der Waals surface area contributed by atoms with Crippen LogP contribution in [0.3, 0.4) is 0 Å². The molecule has 2 aromatic heterocycles. The van der Waals surface area contributed by atoms with Crippen molar-refractivity contribution >= 4 is 45.0 Å². The molecular formula is C22H11N3O3S. The van der Waals surface area contributed by atoms with Crippen LogP contribution in [0.25, 0.3) is 33.2 Å². The largest absolute Gasteiger partial charge is 0.457 e. The van der Waals surface area contributed by atoms with Gasteiger partial charge in [0.15, 0.2) is 0 Å². The van der Waals surface area contributed by atoms with Crippen LogP contribution in [0.4, 0.5) is 0 Å². The maximum Gasteiger partial charge on any atom is 0.258 e. The van der Waals surface area contributed by atoms with Crippen LogP contribution in [0.15, 0.2) is 59.0 Å². The van der Waals surface area contributed by atoms with Gasteiger partial charge in [-0.05, 0) is 36.4 Å². The van der Waals surface area contributed by atoms with Crippen LogP contribution in [0.1, 0.15) is 31.5 Å². The van der Waals surface area contributed by atoms with E-state index in [9.17, 15) is 14.9 Å². The number of benzene rings is 2. The van der Waals surface area contributed by atoms with Gasteiger partial charge in [0.2, 0.25) is 0 Å². The summed E-state index contributed by atoms with van der Waals surface area (Å²) in [4.78, 5) is 28.1. The van der Waals surface area contributed by atoms with Crippen molar-refractivity contribution in [1.82, 2.24) is 10.3 Å². The molecule has 3 heterocycles. The van der Waals surface area contributed by atoms with Crippen LogP contribution in [0.2, 0.25) is 0 Å². The summed E-state index contributed by atoms with van der Waals surface area (Å²) in [5.74, 6) is 0.222. The second-order valence-corrected chi connectivity index (χ2v) is 7.43. The predicted octanol–water partition coefficient (Wildman–Crippen LogP) is 4.50. The van der Waals surface area contributed by atoms with Gasteiger partial charge in [0.1, 0.15) is 22.6 Å². The zero-order chi connectivity index (χ0) is 20.0. The lowest BCUT2D eigenvalue weighted by Crippen LogP contribution is -2.19. The first kappa shape index (κ1) is 17.1. The Balaban J connectivity index is 1.49. The number of furan rings is 1. The number of para-hydroxylation sites is 1. The Hall–Kier alpha value is -4.02. The first-order valence-corrected chi connectivity index (χ1v) is 9.52. The van der Waals surface area contributed by atoms with E-state index in [4.69, 9.17) is 4.42 Å². The molecule has 0 atom stereocenters. The Bertz CT molecular complexity index is 1350. The van der Waals surface area contributed by atoms with Crippen LogP contribution in [0.5, 0.6) is 0 Å². The standard InChI is InChI=1S/C22H11N3O3S/c23-11-13(22-24-17-3-1-2-4-19(17)29-22)9-14-6-8-18(28-14)12-5-7-15-16(10-12)21(27)25-20(15)26/h1-10H,(H,25,26,27)/b13-9+. The van der Waals surface area contributed by atoms with Crippen molar-refractivity contribution in [3.05, 3.63) is 76.5 Å². The number of rotatable bonds is 3. The molecule has 0 saturated carbocycles. The number of imide groups is 1. The van der Waals surface area contributed by atoms with Crippen LogP contribution in [-0.4, -0.2) is 16.8 Å². The summed E-state index contributed by atoms with van der Waals surface area (Å²) < 4.78 is 6.86. The van der Waals surface area contributed by atoms with Crippen molar-refractivity contribution in [2.24, 2.45) is 0 Å². The Morgan fingerprint density at radius 3 is 2.72 bits per heavy atom. The average molecular weight is 397 g/mol. The molecule has 1 aliphatic rings. The summed E-state index contributed by atoms with van der Waals surface area (Å²) in [6, 6.07) is 18.4. The molecule has 6 nitrogen and oxygen atoms in total. The van der Waals surface area contributed by atoms with Gasteiger partial charge in [-0.3, -0.25) is 14.9 Å². The highest BCUT2D eigenvalue weighted by Gasteiger charge is 2.27. The van der Waals surface area contributed by atoms with Crippen LogP contribution < -0.4 is 5.32 Å². The number of hydrogen-bond acceptors (Lipinski definition) is 6. The molecule has 7 heteroatoms. The molecule has 0 spiro atoms. The van der Waals surface area contributed by atoms with E-state index in [1.54, 1.807) is 36.4 Å². The lowest BCUT2D eigenvalue weighted by molar-refractivity contribution is 0.0879. The number of fused-ring (bicyclic) bond motifs is 2. The molecule has 0 fully saturated rings. The monoisotopic (exact) mass is 397 g/mol. The van der Waals surface area contributed by atoms with E-state index in [2.05, 4.69) is 16.4 Å². The van der Waals surface area contributed by atoms with E-state index in [1.807, 2.05) is 24.3 Å². The number of aromatic nitrogens is 1. The first-order chi connectivity index (χ1) is 14.1. The van der Waals surface area contributed by atoms with Crippen molar-refractivity contribution < 1.29 is 14.0 Å². The minimum absolute atomic E-state index is 0.327. The molecule has 5 rings (SSSR count). The van der Waals surface area contributed by atoms with Crippen molar-refractivity contribution in [3.63, 3.8) is 0 Å². The second-order valence-electron chi connectivity index (χ2n) is 6.40. The maximum absolute atomic E-state index is 11.9. The third-order valence-corrected chi connectivity index (χ3v) is 5.65. The quantitative estimate of drug-likeness (QED) is 0.405. The molecule has 4 aromatic rings. The molecule has 0 aliphatic carbocycles. The highest BCUT2D eigenvalue weighted by Crippen LogP contribution is 2.30. The SMILES string of the molecule is N#C/C(=C\c1ccc(-c2ccc3c(c2)C(=O)NC3=O)o1)c1nc2ccccc2s1. The molecule has 0 unspecified atom stereocenters.